The van der Waals surface area contributed by atoms with Crippen molar-refractivity contribution >= 4 is 23.2 Å². The molecule has 1 N–H and O–H groups in total. The van der Waals surface area contributed by atoms with Gasteiger partial charge in [-0.15, -0.1) is 0 Å². The van der Waals surface area contributed by atoms with Gasteiger partial charge in [-0.1, -0.05) is 36.7 Å². The van der Waals surface area contributed by atoms with E-state index in [2.05, 4.69) is 12.2 Å². The molecule has 0 unspecified atom stereocenters. The molecule has 4 nitrogen and oxygen atoms in total. The molecule has 0 bridgehead atoms. The first-order chi connectivity index (χ1) is 13.0. The van der Waals surface area contributed by atoms with E-state index in [9.17, 15) is 4.79 Å². The van der Waals surface area contributed by atoms with Gasteiger partial charge in [0.2, 0.25) is 5.91 Å². The second-order valence-electron chi connectivity index (χ2n) is 6.99. The summed E-state index contributed by atoms with van der Waals surface area (Å²) in [6.45, 7) is 5.20. The van der Waals surface area contributed by atoms with Gasteiger partial charge in [0.25, 0.3) is 0 Å². The highest BCUT2D eigenvalue weighted by Gasteiger charge is 2.43. The molecule has 0 radical (unpaired) electrons. The largest absolute Gasteiger partial charge is 0.491 e. The number of carbonyl (C=O) groups excluding carboxylic acids is 1. The van der Waals surface area contributed by atoms with E-state index in [1.165, 1.54) is 0 Å². The van der Waals surface area contributed by atoms with Crippen LogP contribution in [0.25, 0.3) is 0 Å². The minimum atomic E-state index is -0.678. The Kier molecular flexibility index (Phi) is 6.40. The van der Waals surface area contributed by atoms with Gasteiger partial charge in [0.05, 0.1) is 11.5 Å². The third-order valence-electron chi connectivity index (χ3n) is 5.19. The van der Waals surface area contributed by atoms with E-state index in [4.69, 9.17) is 21.1 Å². The fourth-order valence-electron chi connectivity index (χ4n) is 3.37. The second kappa shape index (κ2) is 8.77. The van der Waals surface area contributed by atoms with Crippen molar-refractivity contribution in [3.05, 3.63) is 59.1 Å². The highest BCUT2D eigenvalue weighted by molar-refractivity contribution is 6.31. The van der Waals surface area contributed by atoms with Crippen LogP contribution in [0.2, 0.25) is 5.02 Å². The van der Waals surface area contributed by atoms with Crippen LogP contribution in [0.5, 0.6) is 5.75 Å². The molecular weight excluding hydrogens is 362 g/mol. The maximum Gasteiger partial charge on any atom is 0.235 e. The van der Waals surface area contributed by atoms with Crippen molar-refractivity contribution in [2.45, 2.75) is 44.6 Å². The van der Waals surface area contributed by atoms with Crippen LogP contribution in [-0.4, -0.2) is 25.2 Å². The Morgan fingerprint density at radius 2 is 1.85 bits per heavy atom. The summed E-state index contributed by atoms with van der Waals surface area (Å²) in [7, 11) is 0. The van der Waals surface area contributed by atoms with Crippen molar-refractivity contribution in [1.29, 1.82) is 0 Å². The lowest BCUT2D eigenvalue weighted by molar-refractivity contribution is -0.125. The first-order valence-electron chi connectivity index (χ1n) is 9.46. The van der Waals surface area contributed by atoms with Gasteiger partial charge in [-0.3, -0.25) is 4.79 Å². The molecule has 1 fully saturated rings. The number of amides is 1. The average molecular weight is 388 g/mol. The number of ether oxygens (including phenoxy) is 2. The maximum absolute atomic E-state index is 13.3. The highest BCUT2D eigenvalue weighted by Crippen LogP contribution is 2.39. The zero-order valence-electron chi connectivity index (χ0n) is 15.8. The highest BCUT2D eigenvalue weighted by atomic mass is 35.5. The molecule has 1 saturated heterocycles. The summed E-state index contributed by atoms with van der Waals surface area (Å²) in [5.74, 6) is 0.753. The van der Waals surface area contributed by atoms with E-state index in [-0.39, 0.29) is 12.0 Å². The number of hydrogen-bond acceptors (Lipinski definition) is 3. The Hall–Kier alpha value is -2.04. The van der Waals surface area contributed by atoms with Crippen molar-refractivity contribution in [3.8, 4) is 5.75 Å². The van der Waals surface area contributed by atoms with Crippen molar-refractivity contribution < 1.29 is 14.3 Å². The number of hydrogen-bond donors (Lipinski definition) is 1. The third kappa shape index (κ3) is 4.45. The molecule has 144 valence electrons. The Bertz CT molecular complexity index is 769. The lowest BCUT2D eigenvalue weighted by Crippen LogP contribution is -2.45. The molecule has 2 aromatic carbocycles. The zero-order chi connectivity index (χ0) is 19.3. The van der Waals surface area contributed by atoms with Gasteiger partial charge < -0.3 is 14.8 Å². The summed E-state index contributed by atoms with van der Waals surface area (Å²) in [6, 6.07) is 15.1. The van der Waals surface area contributed by atoms with Crippen LogP contribution in [0.1, 0.15) is 38.7 Å². The predicted octanol–water partition coefficient (Wildman–Crippen LogP) is 5.20. The quantitative estimate of drug-likeness (QED) is 0.740. The molecule has 27 heavy (non-hydrogen) atoms. The SMILES string of the molecule is CC[C@@H](C)Oc1ccc(NC(=O)C2(c3ccccc3Cl)CCOCC2)cc1. The summed E-state index contributed by atoms with van der Waals surface area (Å²) < 4.78 is 11.3. The van der Waals surface area contributed by atoms with Crippen molar-refractivity contribution in [2.24, 2.45) is 0 Å². The van der Waals surface area contributed by atoms with Crippen LogP contribution in [-0.2, 0) is 14.9 Å². The van der Waals surface area contributed by atoms with E-state index in [0.717, 1.165) is 23.4 Å². The molecule has 0 spiro atoms. The molecular formula is C22H26ClNO3. The van der Waals surface area contributed by atoms with Gasteiger partial charge in [-0.25, -0.2) is 0 Å². The number of rotatable bonds is 6. The molecule has 0 saturated carbocycles. The van der Waals surface area contributed by atoms with Crippen molar-refractivity contribution in [1.82, 2.24) is 0 Å². The number of halogens is 1. The van der Waals surface area contributed by atoms with Gasteiger partial charge in [0, 0.05) is 23.9 Å². The number of benzene rings is 2. The predicted molar refractivity (Wildman–Crippen MR) is 109 cm³/mol. The fraction of sp³-hybridized carbons (Fsp3) is 0.409. The van der Waals surface area contributed by atoms with Gasteiger partial charge in [0.15, 0.2) is 0 Å². The van der Waals surface area contributed by atoms with Crippen LogP contribution >= 0.6 is 11.6 Å². The molecule has 1 aliphatic rings. The number of nitrogens with one attached hydrogen (secondary N) is 1. The van der Waals surface area contributed by atoms with E-state index < -0.39 is 5.41 Å². The first kappa shape index (κ1) is 19.7. The van der Waals surface area contributed by atoms with Gasteiger partial charge >= 0.3 is 0 Å². The monoisotopic (exact) mass is 387 g/mol. The molecule has 1 atom stereocenters. The Morgan fingerprint density at radius 1 is 1.19 bits per heavy atom. The first-order valence-corrected chi connectivity index (χ1v) is 9.84. The van der Waals surface area contributed by atoms with Crippen molar-refractivity contribution in [3.63, 3.8) is 0 Å². The van der Waals surface area contributed by atoms with Crippen LogP contribution in [0.3, 0.4) is 0 Å². The third-order valence-corrected chi connectivity index (χ3v) is 5.52. The molecule has 1 aliphatic heterocycles. The topological polar surface area (TPSA) is 47.6 Å². The molecule has 0 aliphatic carbocycles. The lowest BCUT2D eigenvalue weighted by Gasteiger charge is -2.36. The molecule has 1 heterocycles. The van der Waals surface area contributed by atoms with E-state index >= 15 is 0 Å². The van der Waals surface area contributed by atoms with E-state index in [1.807, 2.05) is 55.5 Å². The average Bonchev–Trinajstić information content (AvgIpc) is 2.70. The Labute approximate surface area is 165 Å². The molecule has 3 rings (SSSR count). The van der Waals surface area contributed by atoms with Crippen molar-refractivity contribution in [2.75, 3.05) is 18.5 Å². The summed E-state index contributed by atoms with van der Waals surface area (Å²) >= 11 is 6.44. The summed E-state index contributed by atoms with van der Waals surface area (Å²) in [4.78, 5) is 13.3. The van der Waals surface area contributed by atoms with Gasteiger partial charge in [-0.05, 0) is 62.1 Å². The summed E-state index contributed by atoms with van der Waals surface area (Å²) in [6.07, 6.45) is 2.33. The second-order valence-corrected chi connectivity index (χ2v) is 7.40. The number of anilines is 1. The smallest absolute Gasteiger partial charge is 0.235 e. The summed E-state index contributed by atoms with van der Waals surface area (Å²) in [5.41, 5.74) is 0.932. The number of carbonyl (C=O) groups is 1. The maximum atomic E-state index is 13.3. The van der Waals surface area contributed by atoms with Crippen LogP contribution < -0.4 is 10.1 Å². The lowest BCUT2D eigenvalue weighted by atomic mass is 9.73. The molecule has 0 aromatic heterocycles. The Balaban J connectivity index is 1.80. The van der Waals surface area contributed by atoms with Crippen LogP contribution in [0.4, 0.5) is 5.69 Å². The molecule has 5 heteroatoms. The van der Waals surface area contributed by atoms with Crippen LogP contribution in [0.15, 0.2) is 48.5 Å². The minimum Gasteiger partial charge on any atom is -0.491 e. The summed E-state index contributed by atoms with van der Waals surface area (Å²) in [5, 5.41) is 3.68. The van der Waals surface area contributed by atoms with Gasteiger partial charge in [0.1, 0.15) is 5.75 Å². The molecule has 2 aromatic rings. The van der Waals surface area contributed by atoms with E-state index in [0.29, 0.717) is 31.1 Å². The van der Waals surface area contributed by atoms with Crippen LogP contribution in [0, 0.1) is 0 Å². The molecule has 1 amide bonds. The van der Waals surface area contributed by atoms with E-state index in [1.54, 1.807) is 0 Å². The van der Waals surface area contributed by atoms with Gasteiger partial charge in [-0.2, -0.15) is 0 Å². The Morgan fingerprint density at radius 3 is 2.48 bits per heavy atom. The zero-order valence-corrected chi connectivity index (χ0v) is 16.6. The normalized spacial score (nSPS) is 17.1. The standard InChI is InChI=1S/C22H26ClNO3/c1-3-16(2)27-18-10-8-17(9-11-18)24-21(25)22(12-14-26-15-13-22)19-6-4-5-7-20(19)23/h4-11,16H,3,12-15H2,1-2H3,(H,24,25)/t16-/m1/s1. The minimum absolute atomic E-state index is 0.0468. The fourth-order valence-corrected chi connectivity index (χ4v) is 3.69.